The van der Waals surface area contributed by atoms with Crippen molar-refractivity contribution in [1.82, 2.24) is 41.2 Å². The van der Waals surface area contributed by atoms with Crippen molar-refractivity contribution in [2.75, 3.05) is 105 Å². The fraction of sp³-hybridized carbons (Fsp3) is 0.286. The van der Waals surface area contributed by atoms with Crippen molar-refractivity contribution in [2.45, 2.75) is 0 Å². The van der Waals surface area contributed by atoms with E-state index in [0.717, 1.165) is 127 Å². The average molecular weight is 1170 g/mol. The molecule has 0 amide bonds. The molecule has 20 nitrogen and oxygen atoms in total. The van der Waals surface area contributed by atoms with Crippen LogP contribution < -0.4 is 41.7 Å². The predicted octanol–water partition coefficient (Wildman–Crippen LogP) is 0.813. The van der Waals surface area contributed by atoms with Gasteiger partial charge in [0.05, 0.1) is 122 Å². The summed E-state index contributed by atoms with van der Waals surface area (Å²) in [6.07, 6.45) is 0. The van der Waals surface area contributed by atoms with Crippen LogP contribution >= 0.6 is 0 Å². The predicted molar refractivity (Wildman–Crippen MR) is 279 cm³/mol. The molecule has 4 saturated heterocycles. The van der Waals surface area contributed by atoms with Crippen LogP contribution in [0.2, 0.25) is 0 Å². The van der Waals surface area contributed by atoms with Crippen molar-refractivity contribution in [2.24, 2.45) is 0 Å². The van der Waals surface area contributed by atoms with Gasteiger partial charge in [0.1, 0.15) is 0 Å². The number of carbonyl (C=O) groups excluding carboxylic acids is 4. The quantitative estimate of drug-likeness (QED) is 0.177. The zero-order valence-electron chi connectivity index (χ0n) is 43.3. The number of carboxylic acids is 4. The Morgan fingerprint density at radius 2 is 0.474 bits per heavy atom. The topological polar surface area (TPSA) is 297 Å². The van der Waals surface area contributed by atoms with Gasteiger partial charge in [-0.25, -0.2) is 19.9 Å². The van der Waals surface area contributed by atoms with Crippen LogP contribution in [0.5, 0.6) is 0 Å². The minimum atomic E-state index is -1.24. The van der Waals surface area contributed by atoms with E-state index in [0.29, 0.717) is 22.1 Å². The number of aromatic nitrogens is 4. The minimum Gasteiger partial charge on any atom is -0.543 e. The molecule has 22 heteroatoms. The smallest absolute Gasteiger partial charge is 0.543 e. The van der Waals surface area contributed by atoms with Crippen molar-refractivity contribution in [3.05, 3.63) is 168 Å². The largest absolute Gasteiger partial charge is 2.00 e. The van der Waals surface area contributed by atoms with Gasteiger partial charge in [-0.1, -0.05) is 97.1 Å². The molecule has 4 N–H and O–H groups in total. The van der Waals surface area contributed by atoms with Crippen LogP contribution in [0, 0.1) is 0 Å². The SMILES string of the molecule is C1COCCN1.C1COCCN1.C1COCCN1.C1COCCN1.O=C([O-])c1ccc2ccccc2n1.O=C([O-])c1ccc2ccccc2n1.O=C([O-])c1ccc2ccccc2n1.O=C([O-])c1ccc2ccccc2n1.[Zn+2].[Zn+2]. The third kappa shape index (κ3) is 25.2. The summed E-state index contributed by atoms with van der Waals surface area (Å²) >= 11 is 0. The minimum absolute atomic E-state index is 0. The van der Waals surface area contributed by atoms with E-state index in [4.69, 9.17) is 18.9 Å². The second kappa shape index (κ2) is 38.8. The van der Waals surface area contributed by atoms with Crippen LogP contribution in [-0.4, -0.2) is 149 Å². The number of fused-ring (bicyclic) bond motifs is 4. The molecule has 4 aromatic carbocycles. The molecule has 12 rings (SSSR count). The molecule has 0 unspecified atom stereocenters. The first kappa shape index (κ1) is 65.6. The van der Waals surface area contributed by atoms with Gasteiger partial charge in [0.25, 0.3) is 0 Å². The zero-order chi connectivity index (χ0) is 54.0. The fourth-order valence-electron chi connectivity index (χ4n) is 6.78. The van der Waals surface area contributed by atoms with Crippen LogP contribution in [0.25, 0.3) is 43.6 Å². The number of nitrogens with zero attached hydrogens (tertiary/aromatic N) is 4. The molecule has 0 spiro atoms. The molecule has 8 aromatic rings. The van der Waals surface area contributed by atoms with Crippen LogP contribution in [0.3, 0.4) is 0 Å². The molecule has 0 aliphatic carbocycles. The third-order valence-corrected chi connectivity index (χ3v) is 10.6. The molecule has 0 saturated carbocycles. The van der Waals surface area contributed by atoms with Crippen molar-refractivity contribution in [3.63, 3.8) is 0 Å². The Morgan fingerprint density at radius 3 is 0.615 bits per heavy atom. The van der Waals surface area contributed by atoms with Gasteiger partial charge in [-0.3, -0.25) is 0 Å². The summed E-state index contributed by atoms with van der Waals surface area (Å²) in [4.78, 5) is 57.5. The van der Waals surface area contributed by atoms with E-state index in [1.54, 1.807) is 48.5 Å². The van der Waals surface area contributed by atoms with E-state index in [9.17, 15) is 39.6 Å². The number of hydrogen-bond donors (Lipinski definition) is 4. The molecular formula is C56H60N8O12Zn2. The number of carboxylic acid groups (broad SMARTS) is 4. The van der Waals surface area contributed by atoms with E-state index >= 15 is 0 Å². The Labute approximate surface area is 477 Å². The van der Waals surface area contributed by atoms with Crippen LogP contribution in [0.15, 0.2) is 146 Å². The third-order valence-electron chi connectivity index (χ3n) is 10.6. The first-order valence-corrected chi connectivity index (χ1v) is 24.5. The first-order valence-electron chi connectivity index (χ1n) is 24.5. The number of nitrogens with one attached hydrogen (secondary N) is 4. The van der Waals surface area contributed by atoms with Gasteiger partial charge in [0.15, 0.2) is 0 Å². The normalized spacial score (nSPS) is 14.2. The molecule has 8 heterocycles. The molecule has 0 atom stereocenters. The van der Waals surface area contributed by atoms with Crippen LogP contribution in [0.4, 0.5) is 0 Å². The molecule has 0 bridgehead atoms. The molecule has 4 fully saturated rings. The summed E-state index contributed by atoms with van der Waals surface area (Å²) in [7, 11) is 0. The summed E-state index contributed by atoms with van der Waals surface area (Å²) in [6.45, 7) is 15.3. The van der Waals surface area contributed by atoms with Gasteiger partial charge in [0, 0.05) is 73.9 Å². The second-order valence-corrected chi connectivity index (χ2v) is 16.2. The maximum absolute atomic E-state index is 10.5. The Bertz CT molecular complexity index is 2580. The van der Waals surface area contributed by atoms with Crippen molar-refractivity contribution < 1.29 is 97.5 Å². The van der Waals surface area contributed by atoms with E-state index in [2.05, 4.69) is 41.2 Å². The number of ether oxygens (including phenoxy) is 4. The first-order chi connectivity index (χ1) is 37.1. The molecule has 78 heavy (non-hydrogen) atoms. The van der Waals surface area contributed by atoms with Gasteiger partial charge in [-0.15, -0.1) is 0 Å². The van der Waals surface area contributed by atoms with Gasteiger partial charge >= 0.3 is 39.0 Å². The van der Waals surface area contributed by atoms with Crippen molar-refractivity contribution in [1.29, 1.82) is 0 Å². The number of pyridine rings is 4. The Balaban J connectivity index is 0.000000239. The summed E-state index contributed by atoms with van der Waals surface area (Å²) in [6, 6.07) is 42.0. The van der Waals surface area contributed by atoms with Crippen LogP contribution in [0.1, 0.15) is 42.0 Å². The number of rotatable bonds is 4. The standard InChI is InChI=1S/4C10H7NO2.4C4H9NO.2Zn/c4*12-10(13)9-6-5-7-3-1-2-4-8(7)11-9;4*1-3-6-4-2-5-1;;/h4*1-6H,(H,12,13);4*5H,1-4H2;;/q;;;;;;;;2*+2/p-4. The molecule has 4 aliphatic rings. The average Bonchev–Trinajstić information content (AvgIpc) is 3.51. The summed E-state index contributed by atoms with van der Waals surface area (Å²) in [5.41, 5.74) is 2.57. The van der Waals surface area contributed by atoms with Gasteiger partial charge in [-0.2, -0.15) is 0 Å². The molecular weight excluding hydrogens is 1110 g/mol. The zero-order valence-corrected chi connectivity index (χ0v) is 49.2. The number of morpholine rings is 4. The molecule has 400 valence electrons. The summed E-state index contributed by atoms with van der Waals surface area (Å²) < 4.78 is 20.0. The number of aromatic carboxylic acids is 4. The van der Waals surface area contributed by atoms with Crippen molar-refractivity contribution >= 4 is 67.5 Å². The summed E-state index contributed by atoms with van der Waals surface area (Å²) in [5.74, 6) is -4.98. The molecule has 4 aromatic heterocycles. The van der Waals surface area contributed by atoms with Gasteiger partial charge in [-0.05, 0) is 48.5 Å². The Hall–Kier alpha value is -6.67. The number of carbonyl (C=O) groups is 4. The number of benzene rings is 4. The Kier molecular flexibility index (Phi) is 32.6. The van der Waals surface area contributed by atoms with E-state index in [-0.39, 0.29) is 61.7 Å². The molecule has 4 aliphatic heterocycles. The van der Waals surface area contributed by atoms with E-state index in [1.165, 1.54) is 24.3 Å². The Morgan fingerprint density at radius 1 is 0.295 bits per heavy atom. The molecule has 0 radical (unpaired) electrons. The van der Waals surface area contributed by atoms with Gasteiger partial charge in [0.2, 0.25) is 0 Å². The number of para-hydroxylation sites is 4. The maximum atomic E-state index is 10.5. The van der Waals surface area contributed by atoms with Gasteiger partial charge < -0.3 is 79.8 Å². The monoisotopic (exact) mass is 1160 g/mol. The second-order valence-electron chi connectivity index (χ2n) is 16.2. The fourth-order valence-corrected chi connectivity index (χ4v) is 6.78. The number of hydrogen-bond acceptors (Lipinski definition) is 20. The van der Waals surface area contributed by atoms with E-state index < -0.39 is 23.9 Å². The van der Waals surface area contributed by atoms with Crippen molar-refractivity contribution in [3.8, 4) is 0 Å². The summed E-state index contributed by atoms with van der Waals surface area (Å²) in [5, 5.41) is 58.2. The maximum Gasteiger partial charge on any atom is 2.00 e. The van der Waals surface area contributed by atoms with Crippen LogP contribution in [-0.2, 0) is 57.9 Å². The van der Waals surface area contributed by atoms with E-state index in [1.807, 2.05) is 72.8 Å².